The summed E-state index contributed by atoms with van der Waals surface area (Å²) in [6, 6.07) is 3.96. The predicted octanol–water partition coefficient (Wildman–Crippen LogP) is 0.559. The lowest BCUT2D eigenvalue weighted by molar-refractivity contribution is 0.631. The number of hydrogen-bond donors (Lipinski definition) is 1. The van der Waals surface area contributed by atoms with Crippen molar-refractivity contribution in [2.24, 2.45) is 0 Å². The van der Waals surface area contributed by atoms with Gasteiger partial charge in [-0.1, -0.05) is 0 Å². The maximum absolute atomic E-state index is 8.69. The lowest BCUT2D eigenvalue weighted by Gasteiger charge is -1.98. The monoisotopic (exact) mass is 175 g/mol. The highest BCUT2D eigenvalue weighted by Crippen LogP contribution is 2.14. The Balaban J connectivity index is 3.00. The second-order valence-corrected chi connectivity index (χ2v) is 2.59. The zero-order valence-corrected chi connectivity index (χ0v) is 7.28. The number of nitrogens with zero attached hydrogens (tertiary/aromatic N) is 4. The number of nitrogen functional groups attached to an aromatic ring is 1. The molecule has 0 aliphatic heterocycles. The number of rotatable bonds is 2. The van der Waals surface area contributed by atoms with Gasteiger partial charge in [0.2, 0.25) is 0 Å². The second kappa shape index (κ2) is 3.59. The first-order valence-corrected chi connectivity index (χ1v) is 3.80. The van der Waals surface area contributed by atoms with Crippen molar-refractivity contribution in [3.8, 4) is 12.1 Å². The van der Waals surface area contributed by atoms with Crippen molar-refractivity contribution < 1.29 is 0 Å². The number of nitriles is 2. The number of hydrogen-bond acceptors (Lipinski definition) is 4. The third-order valence-electron chi connectivity index (χ3n) is 1.71. The molecule has 0 radical (unpaired) electrons. The molecule has 1 aromatic rings. The van der Waals surface area contributed by atoms with E-state index in [2.05, 4.69) is 5.10 Å². The molecular formula is C8H9N5. The summed E-state index contributed by atoms with van der Waals surface area (Å²) in [6.07, 6.45) is 0.343. The maximum Gasteiger partial charge on any atom is 0.140 e. The molecular weight excluding hydrogens is 166 g/mol. The average Bonchev–Trinajstić information content (AvgIpc) is 2.38. The Hall–Kier alpha value is -2.01. The van der Waals surface area contributed by atoms with E-state index in [0.29, 0.717) is 30.0 Å². The van der Waals surface area contributed by atoms with Gasteiger partial charge in [-0.15, -0.1) is 0 Å². The van der Waals surface area contributed by atoms with Gasteiger partial charge in [0.25, 0.3) is 0 Å². The predicted molar refractivity (Wildman–Crippen MR) is 46.3 cm³/mol. The molecule has 0 aliphatic rings. The van der Waals surface area contributed by atoms with Gasteiger partial charge in [-0.3, -0.25) is 0 Å². The molecule has 1 rings (SSSR count). The summed E-state index contributed by atoms with van der Waals surface area (Å²) >= 11 is 0. The fourth-order valence-electron chi connectivity index (χ4n) is 1.06. The van der Waals surface area contributed by atoms with Crippen LogP contribution >= 0.6 is 0 Å². The van der Waals surface area contributed by atoms with E-state index in [1.54, 1.807) is 6.92 Å². The van der Waals surface area contributed by atoms with Gasteiger partial charge in [-0.05, 0) is 6.92 Å². The molecule has 66 valence electrons. The molecule has 0 atom stereocenters. The minimum absolute atomic E-state index is 0.343. The summed E-state index contributed by atoms with van der Waals surface area (Å²) in [5.74, 6) is 0.343. The van der Waals surface area contributed by atoms with Crippen molar-refractivity contribution in [3.05, 3.63) is 11.3 Å². The Kier molecular flexibility index (Phi) is 2.51. The van der Waals surface area contributed by atoms with Crippen molar-refractivity contribution >= 4 is 5.82 Å². The van der Waals surface area contributed by atoms with Crippen molar-refractivity contribution in [2.75, 3.05) is 5.73 Å². The molecule has 0 aliphatic carbocycles. The molecule has 0 fully saturated rings. The van der Waals surface area contributed by atoms with Crippen LogP contribution in [0.1, 0.15) is 17.7 Å². The van der Waals surface area contributed by atoms with Gasteiger partial charge in [0, 0.05) is 0 Å². The lowest BCUT2D eigenvalue weighted by atomic mass is 10.3. The van der Waals surface area contributed by atoms with Gasteiger partial charge in [0.1, 0.15) is 17.5 Å². The molecule has 0 aromatic carbocycles. The first-order chi connectivity index (χ1) is 6.20. The Bertz CT molecular complexity index is 390. The zero-order valence-electron chi connectivity index (χ0n) is 7.28. The van der Waals surface area contributed by atoms with Crippen LogP contribution in [0, 0.1) is 29.6 Å². The van der Waals surface area contributed by atoms with Crippen LogP contribution in [0.25, 0.3) is 0 Å². The van der Waals surface area contributed by atoms with Crippen LogP contribution in [-0.4, -0.2) is 9.78 Å². The van der Waals surface area contributed by atoms with E-state index in [1.165, 1.54) is 4.68 Å². The highest BCUT2D eigenvalue weighted by atomic mass is 15.3. The van der Waals surface area contributed by atoms with E-state index in [0.717, 1.165) is 0 Å². The molecule has 0 saturated heterocycles. The van der Waals surface area contributed by atoms with Gasteiger partial charge in [0.15, 0.2) is 0 Å². The number of aryl methyl sites for hydroxylation is 2. The number of nitrogens with two attached hydrogens (primary N) is 1. The van der Waals surface area contributed by atoms with Crippen LogP contribution < -0.4 is 5.73 Å². The Morgan fingerprint density at radius 3 is 2.69 bits per heavy atom. The molecule has 2 N–H and O–H groups in total. The van der Waals surface area contributed by atoms with Gasteiger partial charge >= 0.3 is 0 Å². The Morgan fingerprint density at radius 1 is 1.54 bits per heavy atom. The molecule has 1 heterocycles. The number of anilines is 1. The van der Waals surface area contributed by atoms with E-state index < -0.39 is 0 Å². The fraction of sp³-hybridized carbons (Fsp3) is 0.375. The summed E-state index contributed by atoms with van der Waals surface area (Å²) in [5.41, 5.74) is 6.63. The van der Waals surface area contributed by atoms with Crippen LogP contribution in [0.4, 0.5) is 5.82 Å². The molecule has 0 bridgehead atoms. The first-order valence-electron chi connectivity index (χ1n) is 3.80. The second-order valence-electron chi connectivity index (χ2n) is 2.59. The van der Waals surface area contributed by atoms with E-state index in [1.807, 2.05) is 12.1 Å². The van der Waals surface area contributed by atoms with E-state index >= 15 is 0 Å². The normalized spacial score (nSPS) is 9.15. The molecule has 13 heavy (non-hydrogen) atoms. The molecule has 0 spiro atoms. The molecule has 0 unspecified atom stereocenters. The van der Waals surface area contributed by atoms with Crippen molar-refractivity contribution in [2.45, 2.75) is 19.9 Å². The van der Waals surface area contributed by atoms with E-state index in [9.17, 15) is 0 Å². The molecule has 0 saturated carbocycles. The zero-order chi connectivity index (χ0) is 9.84. The molecule has 5 nitrogen and oxygen atoms in total. The van der Waals surface area contributed by atoms with Crippen LogP contribution in [0.5, 0.6) is 0 Å². The van der Waals surface area contributed by atoms with Crippen LogP contribution in [-0.2, 0) is 6.54 Å². The summed E-state index contributed by atoms with van der Waals surface area (Å²) in [5, 5.41) is 21.1. The summed E-state index contributed by atoms with van der Waals surface area (Å²) in [4.78, 5) is 0. The van der Waals surface area contributed by atoms with E-state index in [4.69, 9.17) is 16.3 Å². The third kappa shape index (κ3) is 1.60. The molecule has 5 heteroatoms. The lowest BCUT2D eigenvalue weighted by Crippen LogP contribution is -2.04. The topological polar surface area (TPSA) is 91.4 Å². The molecule has 1 aromatic heterocycles. The highest BCUT2D eigenvalue weighted by Gasteiger charge is 2.10. The Morgan fingerprint density at radius 2 is 2.23 bits per heavy atom. The largest absolute Gasteiger partial charge is 0.383 e. The summed E-state index contributed by atoms with van der Waals surface area (Å²) < 4.78 is 1.48. The van der Waals surface area contributed by atoms with Crippen LogP contribution in [0.15, 0.2) is 0 Å². The van der Waals surface area contributed by atoms with E-state index in [-0.39, 0.29) is 0 Å². The summed E-state index contributed by atoms with van der Waals surface area (Å²) in [7, 11) is 0. The van der Waals surface area contributed by atoms with Gasteiger partial charge in [-0.25, -0.2) is 4.68 Å². The standard InChI is InChI=1S/C8H9N5/c1-6-7(5-10)8(11)13(12-6)4-2-3-9/h2,4,11H2,1H3. The van der Waals surface area contributed by atoms with Gasteiger partial charge < -0.3 is 5.73 Å². The molecule has 0 amide bonds. The third-order valence-corrected chi connectivity index (χ3v) is 1.71. The summed E-state index contributed by atoms with van der Waals surface area (Å²) in [6.45, 7) is 2.16. The van der Waals surface area contributed by atoms with Gasteiger partial charge in [0.05, 0.1) is 24.7 Å². The van der Waals surface area contributed by atoms with Crippen LogP contribution in [0.3, 0.4) is 0 Å². The average molecular weight is 175 g/mol. The minimum atomic E-state index is 0.343. The quantitative estimate of drug-likeness (QED) is 0.710. The minimum Gasteiger partial charge on any atom is -0.383 e. The van der Waals surface area contributed by atoms with Gasteiger partial charge in [-0.2, -0.15) is 15.6 Å². The number of aromatic nitrogens is 2. The maximum atomic E-state index is 8.69. The smallest absolute Gasteiger partial charge is 0.140 e. The first kappa shape index (κ1) is 9.08. The highest BCUT2D eigenvalue weighted by molar-refractivity contribution is 5.51. The van der Waals surface area contributed by atoms with Crippen molar-refractivity contribution in [3.63, 3.8) is 0 Å². The van der Waals surface area contributed by atoms with Crippen molar-refractivity contribution in [1.29, 1.82) is 10.5 Å². The van der Waals surface area contributed by atoms with Crippen LogP contribution in [0.2, 0.25) is 0 Å². The Labute approximate surface area is 76.0 Å². The fourth-order valence-corrected chi connectivity index (χ4v) is 1.06. The van der Waals surface area contributed by atoms with Crippen molar-refractivity contribution in [1.82, 2.24) is 9.78 Å². The SMILES string of the molecule is Cc1nn(CCC#N)c(N)c1C#N.